The van der Waals surface area contributed by atoms with Crippen LogP contribution in [-0.2, 0) is 36.0 Å². The van der Waals surface area contributed by atoms with E-state index in [1.807, 2.05) is 12.1 Å². The van der Waals surface area contributed by atoms with Crippen molar-refractivity contribution in [1.29, 1.82) is 0 Å². The minimum Gasteiger partial charge on any atom is -0.508 e. The van der Waals surface area contributed by atoms with Crippen LogP contribution in [-0.4, -0.2) is 27.3 Å². The number of aromatic hydroxyl groups is 2. The summed E-state index contributed by atoms with van der Waals surface area (Å²) in [5.41, 5.74) is 3.45. The maximum absolute atomic E-state index is 13.5. The van der Waals surface area contributed by atoms with Crippen LogP contribution >= 0.6 is 0 Å². The van der Waals surface area contributed by atoms with Gasteiger partial charge in [-0.2, -0.15) is 0 Å². The molecule has 0 aromatic heterocycles. The second-order valence-electron chi connectivity index (χ2n) is 10.4. The second kappa shape index (κ2) is 11.5. The van der Waals surface area contributed by atoms with Gasteiger partial charge in [0.1, 0.15) is 11.5 Å². The summed E-state index contributed by atoms with van der Waals surface area (Å²) in [7, 11) is 0. The Morgan fingerprint density at radius 1 is 0.769 bits per heavy atom. The van der Waals surface area contributed by atoms with E-state index in [1.165, 1.54) is 6.07 Å². The molecule has 4 rings (SSSR count). The fourth-order valence-electron chi connectivity index (χ4n) is 5.98. The second-order valence-corrected chi connectivity index (χ2v) is 10.4. The number of phenolic OH excluding ortho intramolecular Hbond substituents is 2. The first-order valence-electron chi connectivity index (χ1n) is 14.0. The van der Waals surface area contributed by atoms with Crippen molar-refractivity contribution in [2.24, 2.45) is 0 Å². The number of carbonyl (C=O) groups excluding carboxylic acids is 1. The number of cyclic esters (lactones) is 1. The lowest BCUT2D eigenvalue weighted by Gasteiger charge is -2.32. The average molecular weight is 531 g/mol. The molecule has 0 unspecified atom stereocenters. The summed E-state index contributed by atoms with van der Waals surface area (Å²) in [4.78, 5) is 25.6. The lowest BCUT2D eigenvalue weighted by Crippen LogP contribution is -2.30. The molecule has 1 heterocycles. The van der Waals surface area contributed by atoms with Gasteiger partial charge in [-0.1, -0.05) is 77.6 Å². The topological polar surface area (TPSA) is 104 Å². The van der Waals surface area contributed by atoms with Gasteiger partial charge in [0.05, 0.1) is 11.1 Å². The lowest BCUT2D eigenvalue weighted by molar-refractivity contribution is 0.0247. The van der Waals surface area contributed by atoms with Gasteiger partial charge in [0.25, 0.3) is 0 Å². The van der Waals surface area contributed by atoms with Gasteiger partial charge in [0, 0.05) is 16.7 Å². The Morgan fingerprint density at radius 3 is 1.69 bits per heavy atom. The first-order chi connectivity index (χ1) is 18.7. The van der Waals surface area contributed by atoms with Gasteiger partial charge in [0.2, 0.25) is 0 Å². The number of hydrogen-bond donors (Lipinski definition) is 3. The van der Waals surface area contributed by atoms with E-state index in [9.17, 15) is 24.9 Å². The quantitative estimate of drug-likeness (QED) is 0.229. The number of carboxylic acid groups (broad SMARTS) is 1. The maximum atomic E-state index is 13.5. The van der Waals surface area contributed by atoms with E-state index in [-0.39, 0.29) is 22.6 Å². The highest BCUT2D eigenvalue weighted by Crippen LogP contribution is 2.50. The largest absolute Gasteiger partial charge is 0.508 e. The molecule has 0 spiro atoms. The van der Waals surface area contributed by atoms with E-state index in [4.69, 9.17) is 4.74 Å². The van der Waals surface area contributed by atoms with Crippen molar-refractivity contribution in [3.05, 3.63) is 92.5 Å². The molecule has 39 heavy (non-hydrogen) atoms. The number of benzene rings is 3. The summed E-state index contributed by atoms with van der Waals surface area (Å²) >= 11 is 0. The van der Waals surface area contributed by atoms with Crippen molar-refractivity contribution in [1.82, 2.24) is 0 Å². The van der Waals surface area contributed by atoms with Crippen molar-refractivity contribution in [3.63, 3.8) is 0 Å². The fraction of sp³-hybridized carbons (Fsp3) is 0.394. The smallest absolute Gasteiger partial charge is 0.341 e. The van der Waals surface area contributed by atoms with Gasteiger partial charge in [-0.15, -0.1) is 0 Å². The first-order valence-corrected chi connectivity index (χ1v) is 14.0. The Balaban J connectivity index is 2.12. The van der Waals surface area contributed by atoms with E-state index in [0.717, 1.165) is 60.8 Å². The fourth-order valence-corrected chi connectivity index (χ4v) is 5.98. The van der Waals surface area contributed by atoms with Crippen LogP contribution in [0.4, 0.5) is 0 Å². The van der Waals surface area contributed by atoms with Crippen molar-refractivity contribution in [3.8, 4) is 11.5 Å². The predicted molar refractivity (Wildman–Crippen MR) is 151 cm³/mol. The Kier molecular flexibility index (Phi) is 8.34. The standard InChI is InChI=1S/C33H38O6/c1-5-10-20-16-22(18-28(34)24(20)12-7-3)33(23-17-21(11-6-2)25(13-8-4)29(35)19-23)27-15-9-14-26(31(36)37)30(27)32(38)39-33/h9,14-19,34-35H,5-8,10-13H2,1-4H3,(H,36,37). The number of rotatable bonds is 11. The van der Waals surface area contributed by atoms with Gasteiger partial charge < -0.3 is 20.1 Å². The number of ether oxygens (including phenoxy) is 1. The predicted octanol–water partition coefficient (Wildman–Crippen LogP) is 7.07. The van der Waals surface area contributed by atoms with Crippen LogP contribution in [0.25, 0.3) is 0 Å². The van der Waals surface area contributed by atoms with Crippen LogP contribution in [0.2, 0.25) is 0 Å². The lowest BCUT2D eigenvalue weighted by atomic mass is 9.76. The van der Waals surface area contributed by atoms with Gasteiger partial charge >= 0.3 is 11.9 Å². The zero-order valence-electron chi connectivity index (χ0n) is 23.3. The molecule has 0 amide bonds. The van der Waals surface area contributed by atoms with Crippen molar-refractivity contribution < 1.29 is 29.6 Å². The highest BCUT2D eigenvalue weighted by molar-refractivity contribution is 6.06. The summed E-state index contributed by atoms with van der Waals surface area (Å²) < 4.78 is 6.23. The third-order valence-corrected chi connectivity index (χ3v) is 7.61. The van der Waals surface area contributed by atoms with E-state index in [2.05, 4.69) is 27.7 Å². The molecule has 0 atom stereocenters. The zero-order chi connectivity index (χ0) is 28.3. The number of esters is 1. The number of phenols is 2. The molecule has 0 fully saturated rings. The van der Waals surface area contributed by atoms with Crippen LogP contribution in [0.5, 0.6) is 11.5 Å². The van der Waals surface area contributed by atoms with Gasteiger partial charge in [0.15, 0.2) is 5.60 Å². The molecule has 0 bridgehead atoms. The van der Waals surface area contributed by atoms with Gasteiger partial charge in [-0.3, -0.25) is 0 Å². The van der Waals surface area contributed by atoms with Gasteiger partial charge in [-0.05, 0) is 66.1 Å². The summed E-state index contributed by atoms with van der Waals surface area (Å²) in [6, 6.07) is 11.9. The van der Waals surface area contributed by atoms with Crippen LogP contribution in [0.15, 0.2) is 42.5 Å². The third kappa shape index (κ3) is 4.88. The number of carboxylic acids is 1. The molecular weight excluding hydrogens is 492 g/mol. The normalized spacial score (nSPS) is 13.8. The average Bonchev–Trinajstić information content (AvgIpc) is 3.21. The molecule has 3 N–H and O–H groups in total. The first kappa shape index (κ1) is 28.2. The molecule has 0 saturated carbocycles. The Labute approximate surface area is 230 Å². The molecule has 6 heteroatoms. The molecule has 6 nitrogen and oxygen atoms in total. The third-order valence-electron chi connectivity index (χ3n) is 7.61. The minimum atomic E-state index is -1.53. The summed E-state index contributed by atoms with van der Waals surface area (Å²) in [6.45, 7) is 8.26. The molecule has 3 aromatic carbocycles. The van der Waals surface area contributed by atoms with Crippen LogP contribution in [0.3, 0.4) is 0 Å². The zero-order valence-corrected chi connectivity index (χ0v) is 23.3. The summed E-state index contributed by atoms with van der Waals surface area (Å²) in [5.74, 6) is -1.72. The number of carbonyl (C=O) groups is 2. The van der Waals surface area contributed by atoms with E-state index >= 15 is 0 Å². The molecule has 0 aliphatic carbocycles. The molecular formula is C33H38O6. The van der Waals surface area contributed by atoms with E-state index < -0.39 is 17.5 Å². The van der Waals surface area contributed by atoms with Crippen molar-refractivity contribution >= 4 is 11.9 Å². The molecule has 0 radical (unpaired) electrons. The molecule has 1 aliphatic rings. The van der Waals surface area contributed by atoms with E-state index in [0.29, 0.717) is 29.5 Å². The Bertz CT molecular complexity index is 1340. The Morgan fingerprint density at radius 2 is 1.26 bits per heavy atom. The van der Waals surface area contributed by atoms with Crippen LogP contribution in [0.1, 0.15) is 113 Å². The highest BCUT2D eigenvalue weighted by Gasteiger charge is 2.51. The molecule has 206 valence electrons. The SMILES string of the molecule is CCCc1cc(C2(c3cc(O)c(CCC)c(CCC)c3)OC(=O)c3c(C(=O)O)cccc32)cc(O)c1CCC. The number of fused-ring (bicyclic) bond motifs is 1. The number of aromatic carboxylic acids is 1. The van der Waals surface area contributed by atoms with E-state index in [1.54, 1.807) is 24.3 Å². The monoisotopic (exact) mass is 530 g/mol. The van der Waals surface area contributed by atoms with Crippen LogP contribution in [0, 0.1) is 0 Å². The van der Waals surface area contributed by atoms with Crippen molar-refractivity contribution in [2.45, 2.75) is 84.7 Å². The Hall–Kier alpha value is -3.80. The highest BCUT2D eigenvalue weighted by atomic mass is 16.6. The summed E-state index contributed by atoms with van der Waals surface area (Å²) in [6.07, 6.45) is 6.32. The molecule has 0 saturated heterocycles. The van der Waals surface area contributed by atoms with Gasteiger partial charge in [-0.25, -0.2) is 9.59 Å². The van der Waals surface area contributed by atoms with Crippen molar-refractivity contribution in [2.75, 3.05) is 0 Å². The minimum absolute atomic E-state index is 0.00617. The number of aryl methyl sites for hydroxylation is 2. The molecule has 1 aliphatic heterocycles. The maximum Gasteiger partial charge on any atom is 0.341 e. The van der Waals surface area contributed by atoms with Crippen LogP contribution < -0.4 is 0 Å². The molecule has 3 aromatic rings. The number of hydrogen-bond acceptors (Lipinski definition) is 5. The summed E-state index contributed by atoms with van der Waals surface area (Å²) in [5, 5.41) is 32.4.